The number of hydrogen-bond acceptors (Lipinski definition) is 4. The van der Waals surface area contributed by atoms with E-state index in [1.54, 1.807) is 18.2 Å². The van der Waals surface area contributed by atoms with Crippen molar-refractivity contribution in [3.63, 3.8) is 0 Å². The molecule has 0 radical (unpaired) electrons. The van der Waals surface area contributed by atoms with Gasteiger partial charge in [0.2, 0.25) is 11.8 Å². The van der Waals surface area contributed by atoms with Gasteiger partial charge >= 0.3 is 0 Å². The van der Waals surface area contributed by atoms with Gasteiger partial charge in [-0.25, -0.2) is 0 Å². The van der Waals surface area contributed by atoms with Crippen LogP contribution in [0.15, 0.2) is 24.3 Å². The van der Waals surface area contributed by atoms with Gasteiger partial charge in [-0.05, 0) is 6.42 Å². The van der Waals surface area contributed by atoms with Crippen LogP contribution in [-0.2, 0) is 15.0 Å². The standard InChI is InChI=1S/C11H8N2O4/c14-9-7-5-11(7,10(15)12-9)6-3-1-2-4-8(6)13(16)17/h1-4,7H,5H2,(H,12,14,15). The number of fused-ring (bicyclic) bond motifs is 1. The zero-order chi connectivity index (χ0) is 12.2. The van der Waals surface area contributed by atoms with Crippen LogP contribution in [0.25, 0.3) is 0 Å². The average molecular weight is 232 g/mol. The topological polar surface area (TPSA) is 89.3 Å². The molecule has 3 rings (SSSR count). The molecule has 2 fully saturated rings. The Morgan fingerprint density at radius 1 is 1.35 bits per heavy atom. The van der Waals surface area contributed by atoms with E-state index < -0.39 is 22.2 Å². The van der Waals surface area contributed by atoms with Crippen LogP contribution in [0.5, 0.6) is 0 Å². The first kappa shape index (κ1) is 9.95. The minimum atomic E-state index is -0.985. The van der Waals surface area contributed by atoms with Gasteiger partial charge in [-0.3, -0.25) is 25.0 Å². The summed E-state index contributed by atoms with van der Waals surface area (Å²) in [6.45, 7) is 0. The molecule has 1 aromatic rings. The second-order valence-electron chi connectivity index (χ2n) is 4.32. The van der Waals surface area contributed by atoms with Gasteiger partial charge in [0.05, 0.1) is 16.3 Å². The normalized spacial score (nSPS) is 29.8. The summed E-state index contributed by atoms with van der Waals surface area (Å²) in [5, 5.41) is 13.1. The number of carbonyl (C=O) groups is 2. The molecule has 1 N–H and O–H groups in total. The number of amides is 2. The Bertz CT molecular complexity index is 568. The first-order valence-electron chi connectivity index (χ1n) is 5.16. The smallest absolute Gasteiger partial charge is 0.273 e. The fraction of sp³-hybridized carbons (Fsp3) is 0.273. The summed E-state index contributed by atoms with van der Waals surface area (Å²) in [6.07, 6.45) is 0.378. The lowest BCUT2D eigenvalue weighted by molar-refractivity contribution is -0.385. The van der Waals surface area contributed by atoms with Crippen molar-refractivity contribution < 1.29 is 14.5 Å². The van der Waals surface area contributed by atoms with E-state index in [1.807, 2.05) is 0 Å². The highest BCUT2D eigenvalue weighted by Crippen LogP contribution is 2.59. The van der Waals surface area contributed by atoms with Gasteiger partial charge in [-0.2, -0.15) is 0 Å². The minimum Gasteiger partial charge on any atom is -0.295 e. The van der Waals surface area contributed by atoms with Crippen LogP contribution >= 0.6 is 0 Å². The third kappa shape index (κ3) is 1.09. The molecular formula is C11H8N2O4. The number of nitrogens with zero attached hydrogens (tertiary/aromatic N) is 1. The van der Waals surface area contributed by atoms with Crippen molar-refractivity contribution in [2.75, 3.05) is 0 Å². The van der Waals surface area contributed by atoms with E-state index in [-0.39, 0.29) is 11.6 Å². The predicted octanol–water partition coefficient (Wildman–Crippen LogP) is 0.509. The van der Waals surface area contributed by atoms with Crippen molar-refractivity contribution in [2.24, 2.45) is 5.92 Å². The number of rotatable bonds is 2. The molecule has 1 saturated heterocycles. The number of hydrogen-bond donors (Lipinski definition) is 1. The molecule has 2 unspecified atom stereocenters. The molecule has 2 amide bonds. The van der Waals surface area contributed by atoms with Gasteiger partial charge in [0, 0.05) is 11.6 Å². The molecular weight excluding hydrogens is 224 g/mol. The molecule has 1 heterocycles. The molecule has 6 heteroatoms. The van der Waals surface area contributed by atoms with Crippen molar-refractivity contribution >= 4 is 17.5 Å². The molecule has 86 valence electrons. The highest BCUT2D eigenvalue weighted by atomic mass is 16.6. The summed E-state index contributed by atoms with van der Waals surface area (Å²) in [5.74, 6) is -1.17. The summed E-state index contributed by atoms with van der Waals surface area (Å²) in [4.78, 5) is 33.6. The number of benzene rings is 1. The summed E-state index contributed by atoms with van der Waals surface area (Å²) in [7, 11) is 0. The average Bonchev–Trinajstić information content (AvgIpc) is 3.00. The molecule has 1 aliphatic heterocycles. The fourth-order valence-corrected chi connectivity index (χ4v) is 2.57. The van der Waals surface area contributed by atoms with E-state index in [9.17, 15) is 19.7 Å². The van der Waals surface area contributed by atoms with Crippen molar-refractivity contribution in [1.82, 2.24) is 5.32 Å². The maximum Gasteiger partial charge on any atom is 0.273 e. The second-order valence-corrected chi connectivity index (χ2v) is 4.32. The first-order chi connectivity index (χ1) is 8.07. The number of imide groups is 1. The second kappa shape index (κ2) is 2.91. The van der Waals surface area contributed by atoms with Crippen molar-refractivity contribution in [2.45, 2.75) is 11.8 Å². The first-order valence-corrected chi connectivity index (χ1v) is 5.16. The summed E-state index contributed by atoms with van der Waals surface area (Å²) >= 11 is 0. The molecule has 2 atom stereocenters. The number of nitro groups is 1. The Balaban J connectivity index is 2.16. The Labute approximate surface area is 95.8 Å². The molecule has 1 saturated carbocycles. The van der Waals surface area contributed by atoms with Crippen LogP contribution in [0.1, 0.15) is 12.0 Å². The highest BCUT2D eigenvalue weighted by Gasteiger charge is 2.71. The van der Waals surface area contributed by atoms with Crippen molar-refractivity contribution in [1.29, 1.82) is 0 Å². The van der Waals surface area contributed by atoms with Crippen molar-refractivity contribution in [3.05, 3.63) is 39.9 Å². The van der Waals surface area contributed by atoms with Crippen LogP contribution in [0.4, 0.5) is 5.69 Å². The predicted molar refractivity (Wildman–Crippen MR) is 56.0 cm³/mol. The van der Waals surface area contributed by atoms with Crippen LogP contribution in [0.3, 0.4) is 0 Å². The molecule has 1 aromatic carbocycles. The summed E-state index contributed by atoms with van der Waals surface area (Å²) in [5.41, 5.74) is -0.737. The SMILES string of the molecule is O=C1NC(=O)C2(c3ccccc3[N+](=O)[O-])CC12. The number of piperidine rings is 1. The molecule has 1 aliphatic carbocycles. The Hall–Kier alpha value is -2.24. The number of nitrogens with one attached hydrogen (secondary N) is 1. The Morgan fingerprint density at radius 3 is 2.59 bits per heavy atom. The summed E-state index contributed by atoms with van der Waals surface area (Å²) < 4.78 is 0. The number of nitro benzene ring substituents is 1. The van der Waals surface area contributed by atoms with Crippen molar-refractivity contribution in [3.8, 4) is 0 Å². The molecule has 17 heavy (non-hydrogen) atoms. The summed E-state index contributed by atoms with van der Waals surface area (Å²) in [6, 6.07) is 6.10. The largest absolute Gasteiger partial charge is 0.295 e. The van der Waals surface area contributed by atoms with E-state index in [0.29, 0.717) is 12.0 Å². The van der Waals surface area contributed by atoms with E-state index >= 15 is 0 Å². The molecule has 0 spiro atoms. The minimum absolute atomic E-state index is 0.0974. The number of carbonyl (C=O) groups excluding carboxylic acids is 2. The van der Waals surface area contributed by atoms with Gasteiger partial charge in [0.1, 0.15) is 0 Å². The maximum atomic E-state index is 11.8. The maximum absolute atomic E-state index is 11.8. The van der Waals surface area contributed by atoms with Gasteiger partial charge in [-0.1, -0.05) is 18.2 Å². The molecule has 2 aliphatic rings. The lowest BCUT2D eigenvalue weighted by Gasteiger charge is -2.09. The van der Waals surface area contributed by atoms with Crippen LogP contribution in [-0.4, -0.2) is 16.7 Å². The third-order valence-electron chi connectivity index (χ3n) is 3.50. The molecule has 6 nitrogen and oxygen atoms in total. The Morgan fingerprint density at radius 2 is 2.06 bits per heavy atom. The Kier molecular flexibility index (Phi) is 1.70. The van der Waals surface area contributed by atoms with E-state index in [1.165, 1.54) is 6.07 Å². The zero-order valence-corrected chi connectivity index (χ0v) is 8.67. The third-order valence-corrected chi connectivity index (χ3v) is 3.50. The van der Waals surface area contributed by atoms with Gasteiger partial charge in [-0.15, -0.1) is 0 Å². The monoisotopic (exact) mass is 232 g/mol. The van der Waals surface area contributed by atoms with E-state index in [0.717, 1.165) is 0 Å². The lowest BCUT2D eigenvalue weighted by atomic mass is 9.93. The fourth-order valence-electron chi connectivity index (χ4n) is 2.57. The molecule has 0 bridgehead atoms. The zero-order valence-electron chi connectivity index (χ0n) is 8.67. The van der Waals surface area contributed by atoms with Gasteiger partial charge in [0.15, 0.2) is 0 Å². The number of para-hydroxylation sites is 1. The quantitative estimate of drug-likeness (QED) is 0.457. The van der Waals surface area contributed by atoms with Gasteiger partial charge in [0.25, 0.3) is 5.69 Å². The van der Waals surface area contributed by atoms with Gasteiger partial charge < -0.3 is 0 Å². The van der Waals surface area contributed by atoms with E-state index in [2.05, 4.69) is 5.32 Å². The lowest BCUT2D eigenvalue weighted by Crippen LogP contribution is -2.30. The van der Waals surface area contributed by atoms with Crippen LogP contribution in [0, 0.1) is 16.0 Å². The molecule has 0 aromatic heterocycles. The van der Waals surface area contributed by atoms with E-state index in [4.69, 9.17) is 0 Å². The highest BCUT2D eigenvalue weighted by molar-refractivity contribution is 6.15. The van der Waals surface area contributed by atoms with Crippen LogP contribution < -0.4 is 5.32 Å². The van der Waals surface area contributed by atoms with Crippen LogP contribution in [0.2, 0.25) is 0 Å².